The molecule has 0 aliphatic heterocycles. The van der Waals surface area contributed by atoms with E-state index in [9.17, 15) is 4.79 Å². The number of methoxy groups -OCH3 is 1. The molecule has 0 fully saturated rings. The maximum Gasteiger partial charge on any atom is 0.315 e. The van der Waals surface area contributed by atoms with Crippen LogP contribution >= 0.6 is 11.3 Å². The van der Waals surface area contributed by atoms with Crippen LogP contribution in [0.15, 0.2) is 41.8 Å². The van der Waals surface area contributed by atoms with E-state index in [1.165, 1.54) is 0 Å². The van der Waals surface area contributed by atoms with E-state index >= 15 is 0 Å². The van der Waals surface area contributed by atoms with E-state index in [2.05, 4.69) is 10.6 Å². The third kappa shape index (κ3) is 4.58. The maximum atomic E-state index is 11.8. The summed E-state index contributed by atoms with van der Waals surface area (Å²) in [5.41, 5.74) is 2.25. The number of ether oxygens (including phenoxy) is 1. The fourth-order valence-electron chi connectivity index (χ4n) is 2.10. The van der Waals surface area contributed by atoms with Crippen molar-refractivity contribution in [3.05, 3.63) is 57.8 Å². The van der Waals surface area contributed by atoms with Crippen LogP contribution in [0.3, 0.4) is 0 Å². The molecule has 0 bridgehead atoms. The number of hydrogen-bond donors (Lipinski definition) is 2. The summed E-state index contributed by atoms with van der Waals surface area (Å²) in [5, 5.41) is 7.68. The molecule has 2 aromatic rings. The van der Waals surface area contributed by atoms with Crippen molar-refractivity contribution in [3.8, 4) is 0 Å². The van der Waals surface area contributed by atoms with E-state index in [0.717, 1.165) is 16.0 Å². The van der Waals surface area contributed by atoms with Crippen LogP contribution in [0.2, 0.25) is 0 Å². The molecule has 2 amide bonds. The standard InChI is InChI=1S/C16H20N2O2S/c1-12-6-3-4-8-14(12)15(20-2)11-18-16(19)17-10-13-7-5-9-21-13/h3-9,15H,10-11H2,1-2H3,(H2,17,18,19)/t15-/m1/s1. The van der Waals surface area contributed by atoms with Crippen molar-refractivity contribution in [2.24, 2.45) is 0 Å². The Bertz CT molecular complexity index is 569. The average molecular weight is 304 g/mol. The van der Waals surface area contributed by atoms with Gasteiger partial charge in [0.05, 0.1) is 12.6 Å². The number of rotatable bonds is 6. The lowest BCUT2D eigenvalue weighted by Gasteiger charge is -2.18. The predicted octanol–water partition coefficient (Wildman–Crippen LogP) is 3.24. The van der Waals surface area contributed by atoms with Gasteiger partial charge in [-0.2, -0.15) is 0 Å². The minimum absolute atomic E-state index is 0.140. The van der Waals surface area contributed by atoms with Gasteiger partial charge in [-0.05, 0) is 29.5 Å². The van der Waals surface area contributed by atoms with Crippen molar-refractivity contribution in [2.75, 3.05) is 13.7 Å². The highest BCUT2D eigenvalue weighted by atomic mass is 32.1. The summed E-state index contributed by atoms with van der Waals surface area (Å²) in [6.45, 7) is 3.03. The number of thiophene rings is 1. The number of hydrogen-bond acceptors (Lipinski definition) is 3. The van der Waals surface area contributed by atoms with Gasteiger partial charge in [-0.3, -0.25) is 0 Å². The van der Waals surface area contributed by atoms with Gasteiger partial charge in [-0.15, -0.1) is 11.3 Å². The third-order valence-electron chi connectivity index (χ3n) is 3.27. The summed E-state index contributed by atoms with van der Waals surface area (Å²) in [6.07, 6.45) is -0.140. The molecular weight excluding hydrogens is 284 g/mol. The van der Waals surface area contributed by atoms with E-state index in [1.807, 2.05) is 48.7 Å². The van der Waals surface area contributed by atoms with E-state index < -0.39 is 0 Å². The summed E-state index contributed by atoms with van der Waals surface area (Å²) < 4.78 is 5.48. The minimum Gasteiger partial charge on any atom is -0.375 e. The minimum atomic E-state index is -0.181. The number of carbonyl (C=O) groups excluding carboxylic acids is 1. The monoisotopic (exact) mass is 304 g/mol. The number of benzene rings is 1. The van der Waals surface area contributed by atoms with Gasteiger partial charge in [0.1, 0.15) is 0 Å². The number of nitrogens with one attached hydrogen (secondary N) is 2. The van der Waals surface area contributed by atoms with E-state index in [1.54, 1.807) is 18.4 Å². The summed E-state index contributed by atoms with van der Waals surface area (Å²) in [5.74, 6) is 0. The molecular formula is C16H20N2O2S. The largest absolute Gasteiger partial charge is 0.375 e. The molecule has 5 heteroatoms. The highest BCUT2D eigenvalue weighted by Gasteiger charge is 2.13. The Labute approximate surface area is 129 Å². The van der Waals surface area contributed by atoms with Crippen LogP contribution in [0.1, 0.15) is 22.1 Å². The second-order valence-corrected chi connectivity index (χ2v) is 5.76. The summed E-state index contributed by atoms with van der Waals surface area (Å²) in [6, 6.07) is 11.8. The van der Waals surface area contributed by atoms with Crippen LogP contribution < -0.4 is 10.6 Å². The van der Waals surface area contributed by atoms with E-state index in [4.69, 9.17) is 4.74 Å². The zero-order valence-corrected chi connectivity index (χ0v) is 13.1. The number of urea groups is 1. The second kappa shape index (κ2) is 7.81. The molecule has 2 rings (SSSR count). The molecule has 1 heterocycles. The molecule has 0 aliphatic carbocycles. The molecule has 21 heavy (non-hydrogen) atoms. The number of aryl methyl sites for hydroxylation is 1. The Morgan fingerprint density at radius 1 is 1.24 bits per heavy atom. The fourth-order valence-corrected chi connectivity index (χ4v) is 2.74. The molecule has 0 radical (unpaired) electrons. The van der Waals surface area contributed by atoms with Crippen LogP contribution in [0.25, 0.3) is 0 Å². The molecule has 0 saturated carbocycles. The first-order valence-electron chi connectivity index (χ1n) is 6.83. The zero-order valence-electron chi connectivity index (χ0n) is 12.3. The molecule has 1 aromatic carbocycles. The molecule has 1 aromatic heterocycles. The lowest BCUT2D eigenvalue weighted by atomic mass is 10.0. The van der Waals surface area contributed by atoms with Crippen molar-refractivity contribution < 1.29 is 9.53 Å². The van der Waals surface area contributed by atoms with Crippen molar-refractivity contribution in [1.82, 2.24) is 10.6 Å². The zero-order chi connectivity index (χ0) is 15.1. The average Bonchev–Trinajstić information content (AvgIpc) is 3.01. The van der Waals surface area contributed by atoms with Gasteiger partial charge in [0, 0.05) is 18.5 Å². The summed E-state index contributed by atoms with van der Waals surface area (Å²) >= 11 is 1.63. The van der Waals surface area contributed by atoms with Gasteiger partial charge < -0.3 is 15.4 Å². The van der Waals surface area contributed by atoms with Gasteiger partial charge in [0.25, 0.3) is 0 Å². The Balaban J connectivity index is 1.83. The molecule has 1 atom stereocenters. The quantitative estimate of drug-likeness (QED) is 0.861. The predicted molar refractivity (Wildman–Crippen MR) is 85.5 cm³/mol. The van der Waals surface area contributed by atoms with Crippen LogP contribution in [-0.2, 0) is 11.3 Å². The lowest BCUT2D eigenvalue weighted by molar-refractivity contribution is 0.103. The Morgan fingerprint density at radius 3 is 2.71 bits per heavy atom. The number of amides is 2. The molecule has 0 saturated heterocycles. The topological polar surface area (TPSA) is 50.4 Å². The van der Waals surface area contributed by atoms with Crippen molar-refractivity contribution >= 4 is 17.4 Å². The van der Waals surface area contributed by atoms with E-state index in [-0.39, 0.29) is 12.1 Å². The van der Waals surface area contributed by atoms with Crippen LogP contribution in [-0.4, -0.2) is 19.7 Å². The highest BCUT2D eigenvalue weighted by molar-refractivity contribution is 7.09. The molecule has 0 unspecified atom stereocenters. The molecule has 0 spiro atoms. The first-order valence-corrected chi connectivity index (χ1v) is 7.71. The Morgan fingerprint density at radius 2 is 2.05 bits per heavy atom. The smallest absolute Gasteiger partial charge is 0.315 e. The first kappa shape index (κ1) is 15.5. The maximum absolute atomic E-state index is 11.8. The second-order valence-electron chi connectivity index (χ2n) is 4.72. The van der Waals surface area contributed by atoms with E-state index in [0.29, 0.717) is 13.1 Å². The molecule has 2 N–H and O–H groups in total. The van der Waals surface area contributed by atoms with Crippen molar-refractivity contribution in [2.45, 2.75) is 19.6 Å². The fraction of sp³-hybridized carbons (Fsp3) is 0.312. The molecule has 0 aliphatic rings. The van der Waals surface area contributed by atoms with Gasteiger partial charge in [-0.1, -0.05) is 30.3 Å². The number of carbonyl (C=O) groups is 1. The van der Waals surface area contributed by atoms with Gasteiger partial charge in [-0.25, -0.2) is 4.79 Å². The highest BCUT2D eigenvalue weighted by Crippen LogP contribution is 2.19. The molecule has 112 valence electrons. The summed E-state index contributed by atoms with van der Waals surface area (Å²) in [4.78, 5) is 12.9. The van der Waals surface area contributed by atoms with Gasteiger partial charge in [0.2, 0.25) is 0 Å². The SMILES string of the molecule is CO[C@H](CNC(=O)NCc1cccs1)c1ccccc1C. The van der Waals surface area contributed by atoms with Crippen molar-refractivity contribution in [3.63, 3.8) is 0 Å². The third-order valence-corrected chi connectivity index (χ3v) is 4.15. The Hall–Kier alpha value is -1.85. The lowest BCUT2D eigenvalue weighted by Crippen LogP contribution is -2.37. The van der Waals surface area contributed by atoms with Crippen LogP contribution in [0.4, 0.5) is 4.79 Å². The van der Waals surface area contributed by atoms with Gasteiger partial charge in [0.15, 0.2) is 0 Å². The van der Waals surface area contributed by atoms with Gasteiger partial charge >= 0.3 is 6.03 Å². The normalized spacial score (nSPS) is 11.9. The van der Waals surface area contributed by atoms with Crippen LogP contribution in [0, 0.1) is 6.92 Å². The van der Waals surface area contributed by atoms with Crippen LogP contribution in [0.5, 0.6) is 0 Å². The Kier molecular flexibility index (Phi) is 5.78. The van der Waals surface area contributed by atoms with Crippen molar-refractivity contribution in [1.29, 1.82) is 0 Å². The first-order chi connectivity index (χ1) is 10.2. The summed E-state index contributed by atoms with van der Waals surface area (Å²) in [7, 11) is 1.66. The molecule has 4 nitrogen and oxygen atoms in total.